The van der Waals surface area contributed by atoms with Gasteiger partial charge in [-0.2, -0.15) is 0 Å². The fraction of sp³-hybridized carbons (Fsp3) is 0.684. The van der Waals surface area contributed by atoms with Crippen molar-refractivity contribution in [3.05, 3.63) is 29.3 Å². The third kappa shape index (κ3) is 4.74. The van der Waals surface area contributed by atoms with Crippen molar-refractivity contribution in [3.8, 4) is 5.75 Å². The molecule has 0 N–H and O–H groups in total. The summed E-state index contributed by atoms with van der Waals surface area (Å²) in [5.74, 6) is 3.22. The Morgan fingerprint density at radius 1 is 1.19 bits per heavy atom. The molecule has 118 valence electrons. The standard InChI is InChI=1S/C19H31NO/c1-14(2)18-7-6-15(3)11-19(18)21-9-8-20-12-16(4)10-17(5)13-20/h6-7,11,14,16-17H,8-10,12-13H2,1-5H3/t16-,17-/m0/s1. The third-order valence-corrected chi connectivity index (χ3v) is 4.40. The average molecular weight is 289 g/mol. The van der Waals surface area contributed by atoms with E-state index in [2.05, 4.69) is 57.7 Å². The van der Waals surface area contributed by atoms with Crippen LogP contribution in [0.5, 0.6) is 5.75 Å². The van der Waals surface area contributed by atoms with E-state index in [0.717, 1.165) is 30.7 Å². The number of rotatable bonds is 5. The number of benzene rings is 1. The van der Waals surface area contributed by atoms with E-state index in [4.69, 9.17) is 4.74 Å². The maximum Gasteiger partial charge on any atom is 0.123 e. The molecule has 0 aliphatic carbocycles. The van der Waals surface area contributed by atoms with Crippen LogP contribution in [0.25, 0.3) is 0 Å². The molecule has 0 saturated carbocycles. The minimum atomic E-state index is 0.510. The Morgan fingerprint density at radius 3 is 2.48 bits per heavy atom. The SMILES string of the molecule is Cc1ccc(C(C)C)c(OCCN2C[C@@H](C)C[C@H](C)C2)c1. The van der Waals surface area contributed by atoms with Crippen LogP contribution in [-0.4, -0.2) is 31.1 Å². The van der Waals surface area contributed by atoms with Crippen LogP contribution in [0.4, 0.5) is 0 Å². The van der Waals surface area contributed by atoms with E-state index in [-0.39, 0.29) is 0 Å². The molecule has 0 radical (unpaired) electrons. The maximum atomic E-state index is 6.11. The number of ether oxygens (including phenoxy) is 1. The first-order chi connectivity index (χ1) is 9.95. The van der Waals surface area contributed by atoms with Crippen molar-refractivity contribution in [2.24, 2.45) is 11.8 Å². The summed E-state index contributed by atoms with van der Waals surface area (Å²) in [7, 11) is 0. The van der Waals surface area contributed by atoms with Gasteiger partial charge in [0.25, 0.3) is 0 Å². The maximum absolute atomic E-state index is 6.11. The van der Waals surface area contributed by atoms with Crippen molar-refractivity contribution >= 4 is 0 Å². The van der Waals surface area contributed by atoms with Gasteiger partial charge in [-0.1, -0.05) is 39.8 Å². The summed E-state index contributed by atoms with van der Waals surface area (Å²) in [6, 6.07) is 6.56. The Labute approximate surface area is 130 Å². The second-order valence-electron chi connectivity index (χ2n) is 7.25. The van der Waals surface area contributed by atoms with Gasteiger partial charge in [-0.3, -0.25) is 4.90 Å². The Balaban J connectivity index is 1.90. The van der Waals surface area contributed by atoms with Gasteiger partial charge in [0.2, 0.25) is 0 Å². The molecular formula is C19H31NO. The minimum Gasteiger partial charge on any atom is -0.492 e. The summed E-state index contributed by atoms with van der Waals surface area (Å²) in [5.41, 5.74) is 2.59. The van der Waals surface area contributed by atoms with Gasteiger partial charge in [0.05, 0.1) is 0 Å². The van der Waals surface area contributed by atoms with E-state index in [9.17, 15) is 0 Å². The lowest BCUT2D eigenvalue weighted by Crippen LogP contribution is -2.40. The summed E-state index contributed by atoms with van der Waals surface area (Å²) < 4.78 is 6.11. The first kappa shape index (κ1) is 16.4. The van der Waals surface area contributed by atoms with Gasteiger partial charge in [0.15, 0.2) is 0 Å². The van der Waals surface area contributed by atoms with Crippen LogP contribution in [-0.2, 0) is 0 Å². The van der Waals surface area contributed by atoms with E-state index in [1.165, 1.54) is 30.6 Å². The zero-order valence-corrected chi connectivity index (χ0v) is 14.4. The van der Waals surface area contributed by atoms with Crippen molar-refractivity contribution < 1.29 is 4.74 Å². The van der Waals surface area contributed by atoms with E-state index >= 15 is 0 Å². The predicted molar refractivity (Wildman–Crippen MR) is 90.1 cm³/mol. The first-order valence-electron chi connectivity index (χ1n) is 8.41. The first-order valence-corrected chi connectivity index (χ1v) is 8.41. The number of hydrogen-bond donors (Lipinski definition) is 0. The lowest BCUT2D eigenvalue weighted by Gasteiger charge is -2.34. The number of piperidine rings is 1. The highest BCUT2D eigenvalue weighted by atomic mass is 16.5. The lowest BCUT2D eigenvalue weighted by atomic mass is 9.92. The van der Waals surface area contributed by atoms with E-state index in [0.29, 0.717) is 5.92 Å². The van der Waals surface area contributed by atoms with Crippen LogP contribution >= 0.6 is 0 Å². The molecule has 2 rings (SSSR count). The fourth-order valence-corrected chi connectivity index (χ4v) is 3.50. The average Bonchev–Trinajstić information content (AvgIpc) is 2.37. The zero-order chi connectivity index (χ0) is 15.4. The van der Waals surface area contributed by atoms with Crippen LogP contribution in [0.3, 0.4) is 0 Å². The zero-order valence-electron chi connectivity index (χ0n) is 14.4. The molecule has 21 heavy (non-hydrogen) atoms. The molecule has 1 fully saturated rings. The Morgan fingerprint density at radius 2 is 1.86 bits per heavy atom. The van der Waals surface area contributed by atoms with Crippen molar-refractivity contribution in [1.82, 2.24) is 4.90 Å². The molecule has 1 aliphatic rings. The minimum absolute atomic E-state index is 0.510. The largest absolute Gasteiger partial charge is 0.492 e. The van der Waals surface area contributed by atoms with Crippen LogP contribution < -0.4 is 4.74 Å². The fourth-order valence-electron chi connectivity index (χ4n) is 3.50. The van der Waals surface area contributed by atoms with Crippen LogP contribution in [0.1, 0.15) is 51.2 Å². The molecule has 1 aliphatic heterocycles. The van der Waals surface area contributed by atoms with Crippen LogP contribution in [0, 0.1) is 18.8 Å². The lowest BCUT2D eigenvalue weighted by molar-refractivity contribution is 0.120. The summed E-state index contributed by atoms with van der Waals surface area (Å²) in [6.07, 6.45) is 1.37. The van der Waals surface area contributed by atoms with Gasteiger partial charge < -0.3 is 4.74 Å². The highest BCUT2D eigenvalue weighted by Crippen LogP contribution is 2.27. The molecule has 1 saturated heterocycles. The Kier molecular flexibility index (Phi) is 5.69. The van der Waals surface area contributed by atoms with Crippen molar-refractivity contribution in [2.75, 3.05) is 26.2 Å². The van der Waals surface area contributed by atoms with Gasteiger partial charge in [-0.05, 0) is 48.3 Å². The molecule has 0 aromatic heterocycles. The molecule has 0 spiro atoms. The van der Waals surface area contributed by atoms with Crippen LogP contribution in [0.2, 0.25) is 0 Å². The van der Waals surface area contributed by atoms with E-state index < -0.39 is 0 Å². The third-order valence-electron chi connectivity index (χ3n) is 4.40. The number of hydrogen-bond acceptors (Lipinski definition) is 2. The Bertz CT molecular complexity index is 445. The molecule has 0 amide bonds. The summed E-state index contributed by atoms with van der Waals surface area (Å²) >= 11 is 0. The normalized spacial score (nSPS) is 23.5. The van der Waals surface area contributed by atoms with Gasteiger partial charge in [0.1, 0.15) is 12.4 Å². The van der Waals surface area contributed by atoms with Crippen molar-refractivity contribution in [2.45, 2.75) is 47.0 Å². The molecule has 2 heteroatoms. The van der Waals surface area contributed by atoms with Crippen LogP contribution in [0.15, 0.2) is 18.2 Å². The van der Waals surface area contributed by atoms with Gasteiger partial charge in [0, 0.05) is 19.6 Å². The van der Waals surface area contributed by atoms with Gasteiger partial charge in [-0.25, -0.2) is 0 Å². The quantitative estimate of drug-likeness (QED) is 0.792. The second kappa shape index (κ2) is 7.31. The highest BCUT2D eigenvalue weighted by molar-refractivity contribution is 5.39. The summed E-state index contributed by atoms with van der Waals surface area (Å²) in [5, 5.41) is 0. The molecule has 1 heterocycles. The smallest absolute Gasteiger partial charge is 0.123 e. The van der Waals surface area contributed by atoms with Gasteiger partial charge >= 0.3 is 0 Å². The predicted octanol–water partition coefficient (Wildman–Crippen LogP) is 4.48. The molecule has 1 aromatic rings. The Hall–Kier alpha value is -1.02. The molecular weight excluding hydrogens is 258 g/mol. The molecule has 2 nitrogen and oxygen atoms in total. The summed E-state index contributed by atoms with van der Waals surface area (Å²) in [6.45, 7) is 15.6. The number of nitrogens with zero attached hydrogens (tertiary/aromatic N) is 1. The second-order valence-corrected chi connectivity index (χ2v) is 7.25. The number of aryl methyl sites for hydroxylation is 1. The van der Waals surface area contributed by atoms with Crippen molar-refractivity contribution in [1.29, 1.82) is 0 Å². The highest BCUT2D eigenvalue weighted by Gasteiger charge is 2.21. The molecule has 0 bridgehead atoms. The van der Waals surface area contributed by atoms with Gasteiger partial charge in [-0.15, -0.1) is 0 Å². The monoisotopic (exact) mass is 289 g/mol. The topological polar surface area (TPSA) is 12.5 Å². The number of likely N-dealkylation sites (tertiary alicyclic amines) is 1. The molecule has 1 aromatic carbocycles. The molecule has 2 atom stereocenters. The van der Waals surface area contributed by atoms with E-state index in [1.54, 1.807) is 0 Å². The molecule has 0 unspecified atom stereocenters. The van der Waals surface area contributed by atoms with E-state index in [1.807, 2.05) is 0 Å². The van der Waals surface area contributed by atoms with Crippen molar-refractivity contribution in [3.63, 3.8) is 0 Å². The summed E-state index contributed by atoms with van der Waals surface area (Å²) in [4.78, 5) is 2.56.